The zero-order valence-electron chi connectivity index (χ0n) is 13.4. The van der Waals surface area contributed by atoms with Gasteiger partial charge in [-0.2, -0.15) is 0 Å². The van der Waals surface area contributed by atoms with Gasteiger partial charge >= 0.3 is 6.03 Å². The summed E-state index contributed by atoms with van der Waals surface area (Å²) >= 11 is 0. The van der Waals surface area contributed by atoms with Crippen molar-refractivity contribution < 1.29 is 18.4 Å². The van der Waals surface area contributed by atoms with Crippen molar-refractivity contribution in [1.82, 2.24) is 15.5 Å². The number of nitrogens with one attached hydrogen (secondary N) is 2. The van der Waals surface area contributed by atoms with Gasteiger partial charge in [-0.25, -0.2) is 13.6 Å². The molecule has 1 aliphatic heterocycles. The molecule has 1 aromatic carbocycles. The maximum absolute atomic E-state index is 13.6. The fourth-order valence-corrected chi connectivity index (χ4v) is 2.86. The molecule has 24 heavy (non-hydrogen) atoms. The second kappa shape index (κ2) is 7.15. The average molecular weight is 337 g/mol. The highest BCUT2D eigenvalue weighted by atomic mass is 19.1. The fourth-order valence-electron chi connectivity index (χ4n) is 2.86. The number of piperidine rings is 1. The number of carbonyl (C=O) groups is 2. The van der Waals surface area contributed by atoms with E-state index in [-0.39, 0.29) is 36.0 Å². The molecule has 0 bridgehead atoms. The zero-order chi connectivity index (χ0) is 17.1. The molecular formula is C17H21F2N3O2. The zero-order valence-corrected chi connectivity index (χ0v) is 13.4. The van der Waals surface area contributed by atoms with Gasteiger partial charge in [0, 0.05) is 37.3 Å². The van der Waals surface area contributed by atoms with Crippen LogP contribution >= 0.6 is 0 Å². The van der Waals surface area contributed by atoms with Crippen LogP contribution in [0.5, 0.6) is 0 Å². The van der Waals surface area contributed by atoms with Crippen LogP contribution in [0.15, 0.2) is 18.2 Å². The Hall–Kier alpha value is -2.18. The number of urea groups is 1. The third-order valence-corrected chi connectivity index (χ3v) is 4.45. The SMILES string of the molecule is O=C(NCc1ccc(F)cc1F)C1CCCN(C(=O)NC2CC2)C1. The molecule has 2 fully saturated rings. The van der Waals surface area contributed by atoms with Crippen molar-refractivity contribution in [2.75, 3.05) is 13.1 Å². The maximum atomic E-state index is 13.6. The summed E-state index contributed by atoms with van der Waals surface area (Å²) in [6, 6.07) is 3.45. The quantitative estimate of drug-likeness (QED) is 0.884. The first-order chi connectivity index (χ1) is 11.5. The van der Waals surface area contributed by atoms with Gasteiger partial charge in [0.05, 0.1) is 5.92 Å². The van der Waals surface area contributed by atoms with Gasteiger partial charge in [0.1, 0.15) is 11.6 Å². The number of rotatable bonds is 4. The molecule has 2 N–H and O–H groups in total. The molecule has 1 saturated carbocycles. The van der Waals surface area contributed by atoms with E-state index >= 15 is 0 Å². The van der Waals surface area contributed by atoms with E-state index in [9.17, 15) is 18.4 Å². The molecule has 0 aromatic heterocycles. The minimum absolute atomic E-state index is 0.00964. The molecule has 2 aliphatic rings. The summed E-state index contributed by atoms with van der Waals surface area (Å²) in [6.45, 7) is 1.03. The van der Waals surface area contributed by atoms with Crippen molar-refractivity contribution in [1.29, 1.82) is 0 Å². The number of nitrogens with zero attached hydrogens (tertiary/aromatic N) is 1. The van der Waals surface area contributed by atoms with E-state index in [1.54, 1.807) is 4.90 Å². The number of hydrogen-bond donors (Lipinski definition) is 2. The lowest BCUT2D eigenvalue weighted by Crippen LogP contribution is -2.49. The normalized spacial score (nSPS) is 20.6. The van der Waals surface area contributed by atoms with Gasteiger partial charge in [-0.1, -0.05) is 6.07 Å². The lowest BCUT2D eigenvalue weighted by molar-refractivity contribution is -0.126. The van der Waals surface area contributed by atoms with Crippen molar-refractivity contribution in [3.63, 3.8) is 0 Å². The summed E-state index contributed by atoms with van der Waals surface area (Å²) in [4.78, 5) is 26.0. The molecule has 0 radical (unpaired) electrons. The van der Waals surface area contributed by atoms with Gasteiger partial charge < -0.3 is 15.5 Å². The number of halogens is 2. The average Bonchev–Trinajstić information content (AvgIpc) is 3.38. The van der Waals surface area contributed by atoms with Gasteiger partial charge in [0.15, 0.2) is 0 Å². The van der Waals surface area contributed by atoms with Crippen molar-refractivity contribution in [3.05, 3.63) is 35.4 Å². The highest BCUT2D eigenvalue weighted by Gasteiger charge is 2.31. The number of carbonyl (C=O) groups excluding carboxylic acids is 2. The summed E-state index contributed by atoms with van der Waals surface area (Å²) < 4.78 is 26.5. The number of amides is 3. The Labute approximate surface area is 139 Å². The largest absolute Gasteiger partial charge is 0.352 e. The van der Waals surface area contributed by atoms with E-state index in [1.807, 2.05) is 0 Å². The Morgan fingerprint density at radius 1 is 1.21 bits per heavy atom. The molecule has 7 heteroatoms. The topological polar surface area (TPSA) is 61.4 Å². The Morgan fingerprint density at radius 2 is 2.00 bits per heavy atom. The first-order valence-corrected chi connectivity index (χ1v) is 8.30. The standard InChI is InChI=1S/C17H21F2N3O2/c18-13-4-3-11(15(19)8-13)9-20-16(23)12-2-1-7-22(10-12)17(24)21-14-5-6-14/h3-4,8,12,14H,1-2,5-7,9-10H2,(H,20,23)(H,21,24). The van der Waals surface area contributed by atoms with E-state index in [0.717, 1.165) is 31.4 Å². The van der Waals surface area contributed by atoms with Crippen molar-refractivity contribution in [3.8, 4) is 0 Å². The Bertz CT molecular complexity index is 634. The van der Waals surface area contributed by atoms with Crippen molar-refractivity contribution >= 4 is 11.9 Å². The highest BCUT2D eigenvalue weighted by molar-refractivity contribution is 5.81. The van der Waals surface area contributed by atoms with Crippen LogP contribution in [0.1, 0.15) is 31.2 Å². The monoisotopic (exact) mass is 337 g/mol. The predicted octanol–water partition coefficient (Wildman–Crippen LogP) is 2.17. The molecular weight excluding hydrogens is 316 g/mol. The van der Waals surface area contributed by atoms with Crippen molar-refractivity contribution in [2.45, 2.75) is 38.3 Å². The Morgan fingerprint density at radius 3 is 2.71 bits per heavy atom. The minimum Gasteiger partial charge on any atom is -0.352 e. The van der Waals surface area contributed by atoms with Crippen molar-refractivity contribution in [2.24, 2.45) is 5.92 Å². The maximum Gasteiger partial charge on any atom is 0.317 e. The number of likely N-dealkylation sites (tertiary alicyclic amines) is 1. The fraction of sp³-hybridized carbons (Fsp3) is 0.529. The minimum atomic E-state index is -0.676. The third kappa shape index (κ3) is 4.21. The van der Waals surface area contributed by atoms with Gasteiger partial charge in [0.25, 0.3) is 0 Å². The second-order valence-electron chi connectivity index (χ2n) is 6.46. The van der Waals surface area contributed by atoms with E-state index in [2.05, 4.69) is 10.6 Å². The molecule has 0 spiro atoms. The van der Waals surface area contributed by atoms with Crippen LogP contribution in [0.2, 0.25) is 0 Å². The van der Waals surface area contributed by atoms with Crippen LogP contribution in [-0.4, -0.2) is 36.0 Å². The molecule has 1 aromatic rings. The Balaban J connectivity index is 1.51. The van der Waals surface area contributed by atoms with Crippen LogP contribution in [0.25, 0.3) is 0 Å². The summed E-state index contributed by atoms with van der Waals surface area (Å²) in [5, 5.41) is 5.61. The lowest BCUT2D eigenvalue weighted by atomic mass is 9.97. The van der Waals surface area contributed by atoms with Crippen LogP contribution in [0.3, 0.4) is 0 Å². The van der Waals surface area contributed by atoms with E-state index < -0.39 is 11.6 Å². The van der Waals surface area contributed by atoms with Gasteiger partial charge in [-0.05, 0) is 31.7 Å². The molecule has 1 saturated heterocycles. The van der Waals surface area contributed by atoms with Crippen LogP contribution < -0.4 is 10.6 Å². The van der Waals surface area contributed by atoms with Crippen LogP contribution in [0.4, 0.5) is 13.6 Å². The molecule has 3 rings (SSSR count). The molecule has 1 aliphatic carbocycles. The van der Waals surface area contributed by atoms with E-state index in [1.165, 1.54) is 6.07 Å². The molecule has 1 atom stereocenters. The summed E-state index contributed by atoms with van der Waals surface area (Å²) in [5.41, 5.74) is 0.240. The third-order valence-electron chi connectivity index (χ3n) is 4.45. The molecule has 1 unspecified atom stereocenters. The number of benzene rings is 1. The molecule has 130 valence electrons. The smallest absolute Gasteiger partial charge is 0.317 e. The second-order valence-corrected chi connectivity index (χ2v) is 6.46. The predicted molar refractivity (Wildman–Crippen MR) is 84.1 cm³/mol. The van der Waals surface area contributed by atoms with Gasteiger partial charge in [-0.15, -0.1) is 0 Å². The molecule has 5 nitrogen and oxygen atoms in total. The van der Waals surface area contributed by atoms with Gasteiger partial charge in [0.2, 0.25) is 5.91 Å². The molecule has 1 heterocycles. The first-order valence-electron chi connectivity index (χ1n) is 8.30. The number of hydrogen-bond acceptors (Lipinski definition) is 2. The summed E-state index contributed by atoms with van der Waals surface area (Å²) in [7, 11) is 0. The van der Waals surface area contributed by atoms with E-state index in [4.69, 9.17) is 0 Å². The highest BCUT2D eigenvalue weighted by Crippen LogP contribution is 2.21. The van der Waals surface area contributed by atoms with E-state index in [0.29, 0.717) is 19.5 Å². The lowest BCUT2D eigenvalue weighted by Gasteiger charge is -2.32. The summed E-state index contributed by atoms with van der Waals surface area (Å²) in [5.74, 6) is -1.83. The first kappa shape index (κ1) is 16.7. The summed E-state index contributed by atoms with van der Waals surface area (Å²) in [6.07, 6.45) is 3.51. The van der Waals surface area contributed by atoms with Crippen LogP contribution in [0, 0.1) is 17.6 Å². The van der Waals surface area contributed by atoms with Gasteiger partial charge in [-0.3, -0.25) is 4.79 Å². The molecule has 3 amide bonds. The Kier molecular flexibility index (Phi) is 4.97. The van der Waals surface area contributed by atoms with Crippen LogP contribution in [-0.2, 0) is 11.3 Å².